The van der Waals surface area contributed by atoms with Crippen LogP contribution in [0.15, 0.2) is 48.5 Å². The maximum Gasteiger partial charge on any atom is 0.253 e. The third-order valence-corrected chi connectivity index (χ3v) is 5.71. The van der Waals surface area contributed by atoms with Crippen molar-refractivity contribution in [1.82, 2.24) is 4.90 Å². The number of amides is 1. The molecule has 1 amide bonds. The molecule has 2 aromatic rings. The molecule has 0 unspecified atom stereocenters. The molecule has 1 aliphatic rings. The number of nitriles is 1. The van der Waals surface area contributed by atoms with Crippen LogP contribution >= 0.6 is 11.8 Å². The van der Waals surface area contributed by atoms with E-state index in [2.05, 4.69) is 37.3 Å². The fourth-order valence-electron chi connectivity index (χ4n) is 3.07. The molecule has 1 saturated heterocycles. The normalized spacial score (nSPS) is 17.8. The summed E-state index contributed by atoms with van der Waals surface area (Å²) in [6.07, 6.45) is 0.958. The molecule has 24 heavy (non-hydrogen) atoms. The second-order valence-electron chi connectivity index (χ2n) is 5.99. The molecule has 122 valence electrons. The third-order valence-electron chi connectivity index (χ3n) is 4.40. The third kappa shape index (κ3) is 3.63. The van der Waals surface area contributed by atoms with E-state index in [-0.39, 0.29) is 5.91 Å². The lowest BCUT2D eigenvalue weighted by molar-refractivity contribution is 0.0766. The van der Waals surface area contributed by atoms with Crippen LogP contribution in [0.1, 0.15) is 38.7 Å². The Bertz CT molecular complexity index is 781. The molecule has 2 aromatic carbocycles. The summed E-state index contributed by atoms with van der Waals surface area (Å²) >= 11 is 1.93. The number of carbonyl (C=O) groups excluding carboxylic acids is 1. The monoisotopic (exact) mass is 336 g/mol. The van der Waals surface area contributed by atoms with Crippen molar-refractivity contribution in [3.8, 4) is 6.07 Å². The molecule has 0 spiro atoms. The summed E-state index contributed by atoms with van der Waals surface area (Å²) in [4.78, 5) is 14.7. The molecule has 0 aromatic heterocycles. The summed E-state index contributed by atoms with van der Waals surface area (Å²) in [5, 5.41) is 9.45. The van der Waals surface area contributed by atoms with Gasteiger partial charge in [-0.05, 0) is 42.7 Å². The van der Waals surface area contributed by atoms with Gasteiger partial charge in [-0.15, -0.1) is 0 Å². The van der Waals surface area contributed by atoms with Crippen LogP contribution in [0.4, 0.5) is 0 Å². The molecule has 0 N–H and O–H groups in total. The van der Waals surface area contributed by atoms with E-state index in [1.165, 1.54) is 11.1 Å². The fourth-order valence-corrected chi connectivity index (χ4v) is 4.40. The second kappa shape index (κ2) is 7.55. The SMILES string of the molecule is Cc1ccccc1[C@H]1CCN(C(=O)c2cccc(C#N)c2)CCS1. The van der Waals surface area contributed by atoms with Crippen molar-refractivity contribution in [2.24, 2.45) is 0 Å². The van der Waals surface area contributed by atoms with Gasteiger partial charge in [0.15, 0.2) is 0 Å². The van der Waals surface area contributed by atoms with Crippen LogP contribution in [-0.2, 0) is 0 Å². The number of nitrogens with zero attached hydrogens (tertiary/aromatic N) is 2. The number of aryl methyl sites for hydroxylation is 1. The van der Waals surface area contributed by atoms with Crippen LogP contribution in [0.25, 0.3) is 0 Å². The van der Waals surface area contributed by atoms with E-state index in [0.29, 0.717) is 16.4 Å². The van der Waals surface area contributed by atoms with Crippen LogP contribution in [0.3, 0.4) is 0 Å². The largest absolute Gasteiger partial charge is 0.338 e. The first-order valence-corrected chi connectivity index (χ1v) is 9.20. The summed E-state index contributed by atoms with van der Waals surface area (Å²) in [6, 6.07) is 17.6. The standard InChI is InChI=1S/C20H20N2OS/c1-15-5-2-3-8-18(15)19-9-10-22(11-12-24-19)20(23)17-7-4-6-16(13-17)14-21/h2-8,13,19H,9-12H2,1H3/t19-/m1/s1. The van der Waals surface area contributed by atoms with E-state index in [0.717, 1.165) is 25.3 Å². The van der Waals surface area contributed by atoms with E-state index in [1.807, 2.05) is 16.7 Å². The first kappa shape index (κ1) is 16.6. The topological polar surface area (TPSA) is 44.1 Å². The Hall–Kier alpha value is -2.25. The Labute approximate surface area is 147 Å². The molecule has 0 saturated carbocycles. The van der Waals surface area contributed by atoms with E-state index in [1.54, 1.807) is 24.3 Å². The number of rotatable bonds is 2. The first-order valence-electron chi connectivity index (χ1n) is 8.15. The molecule has 1 atom stereocenters. The van der Waals surface area contributed by atoms with Crippen molar-refractivity contribution in [2.75, 3.05) is 18.8 Å². The van der Waals surface area contributed by atoms with Gasteiger partial charge in [0.05, 0.1) is 11.6 Å². The Balaban J connectivity index is 1.72. The zero-order valence-electron chi connectivity index (χ0n) is 13.7. The molecule has 1 heterocycles. The highest BCUT2D eigenvalue weighted by Gasteiger charge is 2.23. The Morgan fingerprint density at radius 1 is 1.21 bits per heavy atom. The quantitative estimate of drug-likeness (QED) is 0.826. The first-order chi connectivity index (χ1) is 11.7. The molecular weight excluding hydrogens is 316 g/mol. The number of hydrogen-bond acceptors (Lipinski definition) is 3. The predicted octanol–water partition coefficient (Wildman–Crippen LogP) is 4.19. The van der Waals surface area contributed by atoms with Gasteiger partial charge in [0.25, 0.3) is 5.91 Å². The van der Waals surface area contributed by atoms with Crippen molar-refractivity contribution < 1.29 is 4.79 Å². The Morgan fingerprint density at radius 2 is 2.04 bits per heavy atom. The van der Waals surface area contributed by atoms with Gasteiger partial charge in [0, 0.05) is 29.7 Å². The lowest BCUT2D eigenvalue weighted by Crippen LogP contribution is -2.33. The van der Waals surface area contributed by atoms with Gasteiger partial charge in [0.1, 0.15) is 0 Å². The highest BCUT2D eigenvalue weighted by Crippen LogP contribution is 2.36. The summed E-state index contributed by atoms with van der Waals surface area (Å²) in [7, 11) is 0. The fraction of sp³-hybridized carbons (Fsp3) is 0.300. The van der Waals surface area contributed by atoms with Crippen LogP contribution in [-0.4, -0.2) is 29.6 Å². The lowest BCUT2D eigenvalue weighted by atomic mass is 10.0. The van der Waals surface area contributed by atoms with E-state index in [9.17, 15) is 4.79 Å². The molecule has 3 rings (SSSR count). The minimum absolute atomic E-state index is 0.0260. The number of benzene rings is 2. The van der Waals surface area contributed by atoms with E-state index >= 15 is 0 Å². The van der Waals surface area contributed by atoms with Gasteiger partial charge in [-0.25, -0.2) is 0 Å². The zero-order chi connectivity index (χ0) is 16.9. The molecule has 1 aliphatic heterocycles. The van der Waals surface area contributed by atoms with Gasteiger partial charge in [-0.3, -0.25) is 4.79 Å². The van der Waals surface area contributed by atoms with Gasteiger partial charge >= 0.3 is 0 Å². The summed E-state index contributed by atoms with van der Waals surface area (Å²) < 4.78 is 0. The van der Waals surface area contributed by atoms with E-state index in [4.69, 9.17) is 5.26 Å². The number of thioether (sulfide) groups is 1. The van der Waals surface area contributed by atoms with Crippen LogP contribution in [0.5, 0.6) is 0 Å². The van der Waals surface area contributed by atoms with Crippen molar-refractivity contribution >= 4 is 17.7 Å². The predicted molar refractivity (Wildman–Crippen MR) is 98.1 cm³/mol. The summed E-state index contributed by atoms with van der Waals surface area (Å²) in [6.45, 7) is 3.65. The number of carbonyl (C=O) groups is 1. The van der Waals surface area contributed by atoms with Crippen LogP contribution in [0.2, 0.25) is 0 Å². The smallest absolute Gasteiger partial charge is 0.253 e. The number of hydrogen-bond donors (Lipinski definition) is 0. The molecule has 0 bridgehead atoms. The van der Waals surface area contributed by atoms with Crippen molar-refractivity contribution in [1.29, 1.82) is 5.26 Å². The van der Waals surface area contributed by atoms with Gasteiger partial charge in [-0.2, -0.15) is 17.0 Å². The van der Waals surface area contributed by atoms with Gasteiger partial charge in [0.2, 0.25) is 0 Å². The minimum Gasteiger partial charge on any atom is -0.338 e. The summed E-state index contributed by atoms with van der Waals surface area (Å²) in [5.74, 6) is 0.959. The van der Waals surface area contributed by atoms with Crippen LogP contribution < -0.4 is 0 Å². The average Bonchev–Trinajstić information content (AvgIpc) is 2.87. The molecular formula is C20H20N2OS. The molecule has 3 nitrogen and oxygen atoms in total. The molecule has 1 fully saturated rings. The molecule has 4 heteroatoms. The maximum atomic E-state index is 12.7. The molecule has 0 radical (unpaired) electrons. The lowest BCUT2D eigenvalue weighted by Gasteiger charge is -2.21. The Morgan fingerprint density at radius 3 is 2.83 bits per heavy atom. The van der Waals surface area contributed by atoms with Crippen molar-refractivity contribution in [3.05, 3.63) is 70.8 Å². The highest BCUT2D eigenvalue weighted by molar-refractivity contribution is 7.99. The van der Waals surface area contributed by atoms with E-state index < -0.39 is 0 Å². The van der Waals surface area contributed by atoms with Crippen molar-refractivity contribution in [3.63, 3.8) is 0 Å². The molecule has 0 aliphatic carbocycles. The van der Waals surface area contributed by atoms with Crippen LogP contribution in [0, 0.1) is 18.3 Å². The zero-order valence-corrected chi connectivity index (χ0v) is 14.6. The summed E-state index contributed by atoms with van der Waals surface area (Å²) in [5.41, 5.74) is 3.83. The maximum absolute atomic E-state index is 12.7. The van der Waals surface area contributed by atoms with Crippen molar-refractivity contribution in [2.45, 2.75) is 18.6 Å². The van der Waals surface area contributed by atoms with Gasteiger partial charge in [-0.1, -0.05) is 30.3 Å². The van der Waals surface area contributed by atoms with Gasteiger partial charge < -0.3 is 4.90 Å². The average molecular weight is 336 g/mol. The Kier molecular flexibility index (Phi) is 5.22. The minimum atomic E-state index is 0.0260. The second-order valence-corrected chi connectivity index (χ2v) is 7.30. The highest BCUT2D eigenvalue weighted by atomic mass is 32.2.